The zero-order valence-corrected chi connectivity index (χ0v) is 22.6. The summed E-state index contributed by atoms with van der Waals surface area (Å²) >= 11 is 18.2. The van der Waals surface area contributed by atoms with Crippen molar-refractivity contribution in [2.75, 3.05) is 0 Å². The van der Waals surface area contributed by atoms with E-state index in [0.29, 0.717) is 44.5 Å². The van der Waals surface area contributed by atoms with Crippen molar-refractivity contribution < 1.29 is 14.4 Å². The molecule has 0 N–H and O–H groups in total. The molecule has 0 amide bonds. The first kappa shape index (κ1) is 26.6. The molecule has 6 heteroatoms. The van der Waals surface area contributed by atoms with Crippen molar-refractivity contribution in [3.05, 3.63) is 132 Å². The largest absolute Gasteiger partial charge is 0.276 e. The van der Waals surface area contributed by atoms with Crippen LogP contribution in [0.2, 0.25) is 0 Å². The molecule has 0 aliphatic carbocycles. The van der Waals surface area contributed by atoms with E-state index in [1.165, 1.54) is 0 Å². The number of benzene rings is 5. The molecule has 0 saturated heterocycles. The molecule has 5 aromatic rings. The smallest absolute Gasteiger partial charge is 0.253 e. The van der Waals surface area contributed by atoms with Gasteiger partial charge in [-0.2, -0.15) is 0 Å². The van der Waals surface area contributed by atoms with Gasteiger partial charge in [-0.3, -0.25) is 14.4 Å². The Hall–Kier alpha value is -4.02. The van der Waals surface area contributed by atoms with Crippen molar-refractivity contribution >= 4 is 50.5 Å². The SMILES string of the molecule is O=C(Cl)c1ccccc1-c1ccc(-c2ccccc2)c(-c2ccccc2C(=O)Cl)c1-c1ccccc1C(=O)Cl. The summed E-state index contributed by atoms with van der Waals surface area (Å²) in [6, 6.07) is 34.5. The van der Waals surface area contributed by atoms with Crippen LogP contribution in [-0.4, -0.2) is 15.7 Å². The molecule has 5 aromatic carbocycles. The molecular formula is C33H19Cl3O3. The predicted octanol–water partition coefficient (Wildman–Crippen LogP) is 9.49. The van der Waals surface area contributed by atoms with Crippen molar-refractivity contribution in [1.29, 1.82) is 0 Å². The zero-order chi connectivity index (χ0) is 27.5. The highest BCUT2D eigenvalue weighted by Gasteiger charge is 2.26. The monoisotopic (exact) mass is 568 g/mol. The molecule has 0 fully saturated rings. The molecule has 0 radical (unpaired) electrons. The van der Waals surface area contributed by atoms with Crippen LogP contribution >= 0.6 is 34.8 Å². The molecule has 0 atom stereocenters. The van der Waals surface area contributed by atoms with E-state index in [-0.39, 0.29) is 5.56 Å². The van der Waals surface area contributed by atoms with Crippen LogP contribution < -0.4 is 0 Å². The Bertz CT molecular complexity index is 1740. The van der Waals surface area contributed by atoms with E-state index in [4.69, 9.17) is 34.8 Å². The fourth-order valence-corrected chi connectivity index (χ4v) is 5.37. The third kappa shape index (κ3) is 5.17. The van der Waals surface area contributed by atoms with Crippen molar-refractivity contribution in [2.45, 2.75) is 0 Å². The third-order valence-electron chi connectivity index (χ3n) is 6.54. The molecule has 0 aliphatic heterocycles. The van der Waals surface area contributed by atoms with E-state index in [9.17, 15) is 14.4 Å². The molecule has 0 aromatic heterocycles. The molecule has 0 unspecified atom stereocenters. The minimum atomic E-state index is -0.643. The van der Waals surface area contributed by atoms with Gasteiger partial charge in [0.25, 0.3) is 15.7 Å². The van der Waals surface area contributed by atoms with Gasteiger partial charge in [0.1, 0.15) is 0 Å². The Kier molecular flexibility index (Phi) is 7.76. The van der Waals surface area contributed by atoms with E-state index in [0.717, 1.165) is 11.1 Å². The molecule has 3 nitrogen and oxygen atoms in total. The highest BCUT2D eigenvalue weighted by molar-refractivity contribution is 6.69. The maximum absolute atomic E-state index is 12.7. The van der Waals surface area contributed by atoms with Crippen molar-refractivity contribution in [2.24, 2.45) is 0 Å². The number of halogens is 3. The van der Waals surface area contributed by atoms with E-state index in [2.05, 4.69) is 0 Å². The summed E-state index contributed by atoms with van der Waals surface area (Å²) in [5.74, 6) is 0. The molecule has 5 rings (SSSR count). The first-order chi connectivity index (χ1) is 18.9. The third-order valence-corrected chi connectivity index (χ3v) is 7.15. The zero-order valence-electron chi connectivity index (χ0n) is 20.3. The van der Waals surface area contributed by atoms with Crippen molar-refractivity contribution in [1.82, 2.24) is 0 Å². The Labute approximate surface area is 240 Å². The summed E-state index contributed by atoms with van der Waals surface area (Å²) in [7, 11) is 0. The van der Waals surface area contributed by atoms with E-state index >= 15 is 0 Å². The van der Waals surface area contributed by atoms with Crippen LogP contribution in [0.25, 0.3) is 44.5 Å². The molecule has 190 valence electrons. The lowest BCUT2D eigenvalue weighted by atomic mass is 9.80. The molecular weight excluding hydrogens is 551 g/mol. The molecule has 39 heavy (non-hydrogen) atoms. The minimum absolute atomic E-state index is 0.274. The first-order valence-electron chi connectivity index (χ1n) is 12.0. The van der Waals surface area contributed by atoms with Crippen LogP contribution in [-0.2, 0) is 0 Å². The lowest BCUT2D eigenvalue weighted by molar-refractivity contribution is 0.107. The molecule has 0 saturated carbocycles. The molecule has 0 bridgehead atoms. The molecule has 0 heterocycles. The molecule has 0 spiro atoms. The van der Waals surface area contributed by atoms with Gasteiger partial charge in [-0.15, -0.1) is 0 Å². The summed E-state index contributed by atoms with van der Waals surface area (Å²) in [4.78, 5) is 37.8. The van der Waals surface area contributed by atoms with E-state index in [1.54, 1.807) is 54.6 Å². The number of carbonyl (C=O) groups is 3. The first-order valence-corrected chi connectivity index (χ1v) is 13.1. The van der Waals surface area contributed by atoms with Crippen LogP contribution in [0.4, 0.5) is 0 Å². The van der Waals surface area contributed by atoms with Crippen LogP contribution in [0.5, 0.6) is 0 Å². The van der Waals surface area contributed by atoms with Crippen molar-refractivity contribution in [3.63, 3.8) is 0 Å². The Morgan fingerprint density at radius 2 is 0.718 bits per heavy atom. The topological polar surface area (TPSA) is 51.2 Å². The quantitative estimate of drug-likeness (QED) is 0.183. The van der Waals surface area contributed by atoms with Gasteiger partial charge in [0.05, 0.1) is 0 Å². The van der Waals surface area contributed by atoms with Crippen LogP contribution in [0.15, 0.2) is 115 Å². The van der Waals surface area contributed by atoms with Gasteiger partial charge in [0, 0.05) is 16.7 Å². The van der Waals surface area contributed by atoms with E-state index in [1.807, 2.05) is 60.7 Å². The highest BCUT2D eigenvalue weighted by Crippen LogP contribution is 2.48. The second kappa shape index (κ2) is 11.4. The fourth-order valence-electron chi connectivity index (χ4n) is 4.88. The summed E-state index contributed by atoms with van der Waals surface area (Å²) in [6.45, 7) is 0. The highest BCUT2D eigenvalue weighted by atomic mass is 35.5. The van der Waals surface area contributed by atoms with E-state index < -0.39 is 15.7 Å². The van der Waals surface area contributed by atoms with Gasteiger partial charge in [-0.1, -0.05) is 97.1 Å². The average molecular weight is 570 g/mol. The van der Waals surface area contributed by atoms with Gasteiger partial charge < -0.3 is 0 Å². The molecule has 0 aliphatic rings. The Balaban J connectivity index is 2.04. The predicted molar refractivity (Wildman–Crippen MR) is 159 cm³/mol. The lowest BCUT2D eigenvalue weighted by Gasteiger charge is -2.23. The summed E-state index contributed by atoms with van der Waals surface area (Å²) in [5.41, 5.74) is 6.13. The van der Waals surface area contributed by atoms with Crippen LogP contribution in [0, 0.1) is 0 Å². The summed E-state index contributed by atoms with van der Waals surface area (Å²) < 4.78 is 0. The van der Waals surface area contributed by atoms with Crippen LogP contribution in [0.1, 0.15) is 31.1 Å². The number of hydrogen-bond donors (Lipinski definition) is 0. The standard InChI is InChI=1S/C33H19Cl3O3/c34-31(37)26-15-7-4-12-22(26)25-19-18-21(20-10-2-1-3-11-20)29(23-13-5-8-16-27(23)32(35)38)30(25)24-14-6-9-17-28(24)33(36)39/h1-19H. The summed E-state index contributed by atoms with van der Waals surface area (Å²) in [5, 5.41) is -1.89. The second-order valence-electron chi connectivity index (χ2n) is 8.73. The lowest BCUT2D eigenvalue weighted by Crippen LogP contribution is -2.03. The van der Waals surface area contributed by atoms with Gasteiger partial charge >= 0.3 is 0 Å². The number of hydrogen-bond acceptors (Lipinski definition) is 3. The maximum Gasteiger partial charge on any atom is 0.253 e. The van der Waals surface area contributed by atoms with Crippen molar-refractivity contribution in [3.8, 4) is 44.5 Å². The van der Waals surface area contributed by atoms with Gasteiger partial charge in [0.2, 0.25) is 0 Å². The van der Waals surface area contributed by atoms with Gasteiger partial charge in [-0.05, 0) is 97.5 Å². The maximum atomic E-state index is 12.7. The van der Waals surface area contributed by atoms with Gasteiger partial charge in [-0.25, -0.2) is 0 Å². The normalized spacial score (nSPS) is 10.7. The number of carbonyl (C=O) groups excluding carboxylic acids is 3. The summed E-state index contributed by atoms with van der Waals surface area (Å²) in [6.07, 6.45) is 0. The van der Waals surface area contributed by atoms with Crippen LogP contribution in [0.3, 0.4) is 0 Å². The average Bonchev–Trinajstić information content (AvgIpc) is 2.96. The Morgan fingerprint density at radius 1 is 0.359 bits per heavy atom. The Morgan fingerprint density at radius 3 is 1.21 bits per heavy atom. The second-order valence-corrected chi connectivity index (χ2v) is 9.76. The number of rotatable bonds is 7. The van der Waals surface area contributed by atoms with Gasteiger partial charge in [0.15, 0.2) is 0 Å². The fraction of sp³-hybridized carbons (Fsp3) is 0. The minimum Gasteiger partial charge on any atom is -0.276 e.